The molecule has 0 aromatic carbocycles. The van der Waals surface area contributed by atoms with Crippen LogP contribution in [0.2, 0.25) is 0 Å². The average Bonchev–Trinajstić information content (AvgIpc) is 3.00. The number of rotatable bonds is 5. The highest BCUT2D eigenvalue weighted by molar-refractivity contribution is 5.76. The molecule has 88 valence electrons. The Bertz CT molecular complexity index is 358. The third kappa shape index (κ3) is 2.41. The fraction of sp³-hybridized carbons (Fsp3) is 0.636. The summed E-state index contributed by atoms with van der Waals surface area (Å²) >= 11 is 0. The van der Waals surface area contributed by atoms with Crippen molar-refractivity contribution in [1.82, 2.24) is 15.1 Å². The summed E-state index contributed by atoms with van der Waals surface area (Å²) in [7, 11) is 0. The van der Waals surface area contributed by atoms with E-state index in [0.717, 1.165) is 12.8 Å². The summed E-state index contributed by atoms with van der Waals surface area (Å²) in [6.07, 6.45) is 5.76. The Balaban J connectivity index is 1.90. The first-order chi connectivity index (χ1) is 7.64. The van der Waals surface area contributed by atoms with Crippen LogP contribution in [0.3, 0.4) is 0 Å². The van der Waals surface area contributed by atoms with Crippen LogP contribution in [0, 0.1) is 5.92 Å². The molecule has 1 atom stereocenters. The molecule has 16 heavy (non-hydrogen) atoms. The van der Waals surface area contributed by atoms with Crippen molar-refractivity contribution >= 4 is 5.91 Å². The lowest BCUT2D eigenvalue weighted by Crippen LogP contribution is -2.53. The van der Waals surface area contributed by atoms with Gasteiger partial charge in [-0.3, -0.25) is 9.48 Å². The first-order valence-corrected chi connectivity index (χ1v) is 5.62. The third-order valence-corrected chi connectivity index (χ3v) is 3.19. The van der Waals surface area contributed by atoms with Gasteiger partial charge in [0.2, 0.25) is 5.91 Å². The van der Waals surface area contributed by atoms with Crippen LogP contribution in [0.15, 0.2) is 18.5 Å². The number of hydrogen-bond acceptors (Lipinski definition) is 3. The highest BCUT2D eigenvalue weighted by Crippen LogP contribution is 2.38. The summed E-state index contributed by atoms with van der Waals surface area (Å²) in [6, 6.07) is 1.80. The largest absolute Gasteiger partial charge is 0.348 e. The molecule has 1 amide bonds. The van der Waals surface area contributed by atoms with Gasteiger partial charge in [-0.1, -0.05) is 0 Å². The van der Waals surface area contributed by atoms with Crippen molar-refractivity contribution in [3.8, 4) is 0 Å². The average molecular weight is 222 g/mol. The van der Waals surface area contributed by atoms with Crippen molar-refractivity contribution < 1.29 is 4.79 Å². The minimum Gasteiger partial charge on any atom is -0.348 e. The molecule has 1 fully saturated rings. The molecule has 0 spiro atoms. The van der Waals surface area contributed by atoms with Crippen molar-refractivity contribution in [2.24, 2.45) is 11.7 Å². The molecule has 1 aromatic heterocycles. The summed E-state index contributed by atoms with van der Waals surface area (Å²) in [5.74, 6) is 0.516. The molecule has 1 saturated carbocycles. The highest BCUT2D eigenvalue weighted by atomic mass is 16.2. The second-order valence-corrected chi connectivity index (χ2v) is 4.65. The molecule has 5 nitrogen and oxygen atoms in total. The first kappa shape index (κ1) is 11.1. The quantitative estimate of drug-likeness (QED) is 0.743. The minimum atomic E-state index is -0.246. The molecule has 1 heterocycles. The van der Waals surface area contributed by atoms with E-state index in [4.69, 9.17) is 5.73 Å². The molecular weight excluding hydrogens is 204 g/mol. The third-order valence-electron chi connectivity index (χ3n) is 3.19. The molecule has 3 N–H and O–H groups in total. The highest BCUT2D eigenvalue weighted by Gasteiger charge is 2.41. The Labute approximate surface area is 95.0 Å². The van der Waals surface area contributed by atoms with Gasteiger partial charge in [-0.15, -0.1) is 0 Å². The van der Waals surface area contributed by atoms with Gasteiger partial charge in [-0.2, -0.15) is 5.10 Å². The van der Waals surface area contributed by atoms with E-state index in [0.29, 0.717) is 12.5 Å². The summed E-state index contributed by atoms with van der Waals surface area (Å²) in [5.41, 5.74) is 5.49. The zero-order valence-corrected chi connectivity index (χ0v) is 9.52. The van der Waals surface area contributed by atoms with Crippen LogP contribution >= 0.6 is 0 Å². The lowest BCUT2D eigenvalue weighted by atomic mass is 9.96. The topological polar surface area (TPSA) is 72.9 Å². The van der Waals surface area contributed by atoms with Gasteiger partial charge in [-0.05, 0) is 31.7 Å². The van der Waals surface area contributed by atoms with E-state index in [2.05, 4.69) is 10.4 Å². The monoisotopic (exact) mass is 222 g/mol. The van der Waals surface area contributed by atoms with Crippen molar-refractivity contribution in [2.45, 2.75) is 31.8 Å². The number of hydrogen-bond donors (Lipinski definition) is 2. The van der Waals surface area contributed by atoms with Crippen LogP contribution in [0.5, 0.6) is 0 Å². The molecule has 0 bridgehead atoms. The smallest absolute Gasteiger partial charge is 0.242 e. The normalized spacial score (nSPS) is 19.1. The van der Waals surface area contributed by atoms with Gasteiger partial charge in [0, 0.05) is 18.9 Å². The zero-order chi connectivity index (χ0) is 11.6. The van der Waals surface area contributed by atoms with E-state index >= 15 is 0 Å². The van der Waals surface area contributed by atoms with Gasteiger partial charge in [0.15, 0.2) is 0 Å². The zero-order valence-electron chi connectivity index (χ0n) is 9.52. The van der Waals surface area contributed by atoms with Crippen molar-refractivity contribution in [2.75, 3.05) is 6.54 Å². The van der Waals surface area contributed by atoms with Crippen LogP contribution in [0.4, 0.5) is 0 Å². The Morgan fingerprint density at radius 3 is 2.94 bits per heavy atom. The Kier molecular flexibility index (Phi) is 2.96. The standard InChI is InChI=1S/C11H18N4O/c1-11(8-12,9-3-4-9)14-10(16)7-15-6-2-5-13-15/h2,5-6,9H,3-4,7-8,12H2,1H3,(H,14,16). The Morgan fingerprint density at radius 1 is 1.69 bits per heavy atom. The maximum atomic E-state index is 11.8. The van der Waals surface area contributed by atoms with E-state index in [9.17, 15) is 4.79 Å². The minimum absolute atomic E-state index is 0.0245. The number of nitrogens with one attached hydrogen (secondary N) is 1. The van der Waals surface area contributed by atoms with E-state index in [1.54, 1.807) is 23.1 Å². The van der Waals surface area contributed by atoms with Gasteiger partial charge in [0.05, 0.1) is 5.54 Å². The molecule has 1 aliphatic carbocycles. The predicted octanol–water partition coefficient (Wildman–Crippen LogP) is 0.127. The van der Waals surface area contributed by atoms with Crippen LogP contribution in [0.25, 0.3) is 0 Å². The molecule has 1 aliphatic rings. The fourth-order valence-electron chi connectivity index (χ4n) is 1.94. The second-order valence-electron chi connectivity index (χ2n) is 4.65. The van der Waals surface area contributed by atoms with E-state index in [1.165, 1.54) is 0 Å². The Morgan fingerprint density at radius 2 is 2.44 bits per heavy atom. The van der Waals surface area contributed by atoms with E-state index < -0.39 is 0 Å². The van der Waals surface area contributed by atoms with Crippen LogP contribution < -0.4 is 11.1 Å². The predicted molar refractivity (Wildman–Crippen MR) is 60.6 cm³/mol. The molecule has 0 aliphatic heterocycles. The molecular formula is C11H18N4O. The lowest BCUT2D eigenvalue weighted by Gasteiger charge is -2.29. The Hall–Kier alpha value is -1.36. The molecule has 5 heteroatoms. The van der Waals surface area contributed by atoms with E-state index in [-0.39, 0.29) is 18.0 Å². The van der Waals surface area contributed by atoms with Crippen molar-refractivity contribution in [3.05, 3.63) is 18.5 Å². The number of nitrogens with two attached hydrogens (primary N) is 1. The van der Waals surface area contributed by atoms with E-state index in [1.807, 2.05) is 6.92 Å². The molecule has 2 rings (SSSR count). The number of amides is 1. The maximum Gasteiger partial charge on any atom is 0.242 e. The fourth-order valence-corrected chi connectivity index (χ4v) is 1.94. The van der Waals surface area contributed by atoms with Crippen molar-refractivity contribution in [1.29, 1.82) is 0 Å². The second kappa shape index (κ2) is 4.25. The van der Waals surface area contributed by atoms with Crippen LogP contribution in [-0.4, -0.2) is 27.8 Å². The summed E-state index contributed by atoms with van der Waals surface area (Å²) in [6.45, 7) is 2.77. The number of carbonyl (C=O) groups excluding carboxylic acids is 1. The molecule has 0 saturated heterocycles. The SMILES string of the molecule is CC(CN)(NC(=O)Cn1cccn1)C1CC1. The molecule has 1 unspecified atom stereocenters. The molecule has 0 radical (unpaired) electrons. The van der Waals surface area contributed by atoms with Crippen molar-refractivity contribution in [3.63, 3.8) is 0 Å². The number of aromatic nitrogens is 2. The van der Waals surface area contributed by atoms with Crippen LogP contribution in [-0.2, 0) is 11.3 Å². The number of nitrogens with zero attached hydrogens (tertiary/aromatic N) is 2. The first-order valence-electron chi connectivity index (χ1n) is 5.62. The van der Waals surface area contributed by atoms with Gasteiger partial charge in [0.1, 0.15) is 6.54 Å². The lowest BCUT2D eigenvalue weighted by molar-refractivity contribution is -0.123. The maximum absolute atomic E-state index is 11.8. The summed E-state index contributed by atoms with van der Waals surface area (Å²) in [4.78, 5) is 11.8. The molecule has 1 aromatic rings. The summed E-state index contributed by atoms with van der Waals surface area (Å²) < 4.78 is 1.61. The summed E-state index contributed by atoms with van der Waals surface area (Å²) in [5, 5.41) is 7.02. The van der Waals surface area contributed by atoms with Gasteiger partial charge >= 0.3 is 0 Å². The number of carbonyl (C=O) groups is 1. The van der Waals surface area contributed by atoms with Gasteiger partial charge < -0.3 is 11.1 Å². The van der Waals surface area contributed by atoms with Gasteiger partial charge in [-0.25, -0.2) is 0 Å². The van der Waals surface area contributed by atoms with Gasteiger partial charge in [0.25, 0.3) is 0 Å². The van der Waals surface area contributed by atoms with Crippen LogP contribution in [0.1, 0.15) is 19.8 Å².